The van der Waals surface area contributed by atoms with Gasteiger partial charge in [-0.25, -0.2) is 8.78 Å². The molecule has 1 N–H and O–H groups in total. The van der Waals surface area contributed by atoms with Gasteiger partial charge in [0, 0.05) is 40.0 Å². The number of carbonyl (C=O) groups excluding carboxylic acids is 1. The Bertz CT molecular complexity index is 1090. The maximum absolute atomic E-state index is 13.4. The number of carbonyl (C=O) groups is 1. The van der Waals surface area contributed by atoms with Crippen molar-refractivity contribution in [2.45, 2.75) is 31.9 Å². The molecule has 3 heterocycles. The van der Waals surface area contributed by atoms with Crippen LogP contribution in [0.4, 0.5) is 13.6 Å². The van der Waals surface area contributed by atoms with Gasteiger partial charge in [0.15, 0.2) is 0 Å². The number of alkyl halides is 2. The number of likely N-dealkylation sites (tertiary alicyclic amines) is 1. The van der Waals surface area contributed by atoms with Crippen molar-refractivity contribution in [3.8, 4) is 11.5 Å². The van der Waals surface area contributed by atoms with E-state index in [0.29, 0.717) is 45.5 Å². The van der Waals surface area contributed by atoms with Crippen molar-refractivity contribution in [2.24, 2.45) is 15.9 Å². The fraction of sp³-hybridized carbons (Fsp3) is 0.409. The van der Waals surface area contributed by atoms with Crippen LogP contribution < -0.4 is 20.0 Å². The monoisotopic (exact) mass is 539 g/mol. The van der Waals surface area contributed by atoms with Gasteiger partial charge in [-0.3, -0.25) is 4.99 Å². The number of quaternary nitrogens is 1. The third kappa shape index (κ3) is 4.32. The Hall–Kier alpha value is -2.83. The second-order valence-electron chi connectivity index (χ2n) is 8.06. The number of hydrogen-bond acceptors (Lipinski definition) is 7. The number of piperidine rings is 1. The first kappa shape index (κ1) is 24.3. The van der Waals surface area contributed by atoms with Crippen LogP contribution in [0.15, 0.2) is 52.0 Å². The second-order valence-corrected chi connectivity index (χ2v) is 8.77. The lowest BCUT2D eigenvalue weighted by molar-refractivity contribution is -0.787. The number of nitrogens with one attached hydrogen (secondary N) is 1. The van der Waals surface area contributed by atoms with Crippen LogP contribution in [0.1, 0.15) is 18.4 Å². The molecule has 3 unspecified atom stereocenters. The van der Waals surface area contributed by atoms with Crippen molar-refractivity contribution >= 4 is 33.0 Å². The van der Waals surface area contributed by atoms with E-state index in [2.05, 4.69) is 31.3 Å². The first-order chi connectivity index (χ1) is 16.3. The van der Waals surface area contributed by atoms with E-state index in [-0.39, 0.29) is 23.5 Å². The molecule has 1 aromatic rings. The molecule has 0 radical (unpaired) electrons. The Morgan fingerprint density at radius 2 is 2.15 bits per heavy atom. The van der Waals surface area contributed by atoms with Gasteiger partial charge in [0.2, 0.25) is 5.70 Å². The van der Waals surface area contributed by atoms with Crippen LogP contribution in [0.3, 0.4) is 0 Å². The molecule has 1 saturated heterocycles. The number of ether oxygens (including phenoxy) is 2. The third-order valence-electron chi connectivity index (χ3n) is 6.27. The maximum Gasteiger partial charge on any atom is 0.301 e. The lowest BCUT2D eigenvalue weighted by Crippen LogP contribution is -2.55. The van der Waals surface area contributed by atoms with E-state index in [9.17, 15) is 18.7 Å². The van der Waals surface area contributed by atoms with Gasteiger partial charge < -0.3 is 24.3 Å². The fourth-order valence-corrected chi connectivity index (χ4v) is 5.09. The van der Waals surface area contributed by atoms with Crippen LogP contribution in [-0.4, -0.2) is 59.8 Å². The van der Waals surface area contributed by atoms with Gasteiger partial charge in [0.05, 0.1) is 39.2 Å². The number of aliphatic imine (C=N–C) groups is 2. The molecule has 3 atom stereocenters. The average molecular weight is 540 g/mol. The van der Waals surface area contributed by atoms with Crippen molar-refractivity contribution in [3.63, 3.8) is 0 Å². The summed E-state index contributed by atoms with van der Waals surface area (Å²) >= 11 is 3.55. The summed E-state index contributed by atoms with van der Waals surface area (Å²) in [5, 5.41) is 11.6. The molecule has 0 saturated carbocycles. The molecule has 0 bridgehead atoms. The summed E-state index contributed by atoms with van der Waals surface area (Å²) in [5.41, 5.74) is 5.59. The summed E-state index contributed by atoms with van der Waals surface area (Å²) < 4.78 is 38.0. The van der Waals surface area contributed by atoms with E-state index in [4.69, 9.17) is 9.47 Å². The van der Waals surface area contributed by atoms with E-state index >= 15 is 0 Å². The molecule has 3 aliphatic rings. The van der Waals surface area contributed by atoms with Gasteiger partial charge in [-0.2, -0.15) is 4.99 Å². The van der Waals surface area contributed by atoms with Crippen molar-refractivity contribution in [1.82, 2.24) is 10.3 Å². The Balaban J connectivity index is 1.62. The number of rotatable bonds is 7. The largest absolute Gasteiger partial charge is 0.530 e. The molecule has 34 heavy (non-hydrogen) atoms. The van der Waals surface area contributed by atoms with Gasteiger partial charge in [-0.15, -0.1) is 10.0 Å². The van der Waals surface area contributed by atoms with E-state index in [0.717, 1.165) is 5.56 Å². The Labute approximate surface area is 203 Å². The Kier molecular flexibility index (Phi) is 7.01. The standard InChI is InChI=1S/C22H24BrF2N5O4/c1-33-15-5-3-13(18(9-15)34-2)10-27-30-8-7-26-11-17(30)19(28-21(30)23)14-4-6-16(20(24)25)29(12-14)22(31)32/h3,5,7-9,11,14,16,20,27H,4,6,10,12H2,1-2H3. The average Bonchev–Trinajstić information content (AvgIpc) is 3.14. The third-order valence-corrected chi connectivity index (χ3v) is 7.01. The number of fused-ring (bicyclic) bond motifs is 1. The van der Waals surface area contributed by atoms with Gasteiger partial charge in [-0.1, -0.05) is 6.07 Å². The summed E-state index contributed by atoms with van der Waals surface area (Å²) in [4.78, 5) is 21.2. The predicted molar refractivity (Wildman–Crippen MR) is 122 cm³/mol. The van der Waals surface area contributed by atoms with Gasteiger partial charge >= 0.3 is 4.74 Å². The van der Waals surface area contributed by atoms with E-state index in [1.807, 2.05) is 12.1 Å². The molecule has 9 nitrogen and oxygen atoms in total. The topological polar surface area (TPSA) is 98.6 Å². The number of hydrogen-bond donors (Lipinski definition) is 1. The number of halogens is 3. The molecule has 12 heteroatoms. The number of amides is 1. The van der Waals surface area contributed by atoms with Gasteiger partial charge in [-0.05, 0) is 18.9 Å². The molecule has 1 amide bonds. The summed E-state index contributed by atoms with van der Waals surface area (Å²) in [5.74, 6) is 0.930. The number of carboxylic acid groups (broad SMARTS) is 1. The fourth-order valence-electron chi connectivity index (χ4n) is 4.47. The quantitative estimate of drug-likeness (QED) is 0.424. The minimum atomic E-state index is -2.77. The number of amidine groups is 1. The van der Waals surface area contributed by atoms with Gasteiger partial charge in [0.25, 0.3) is 6.43 Å². The van der Waals surface area contributed by atoms with E-state index < -0.39 is 18.6 Å². The maximum atomic E-state index is 13.4. The molecule has 3 aliphatic heterocycles. The van der Waals surface area contributed by atoms with Crippen LogP contribution in [0.5, 0.6) is 11.5 Å². The molecule has 0 aromatic heterocycles. The molecule has 4 rings (SSSR count). The van der Waals surface area contributed by atoms with Crippen LogP contribution in [0, 0.1) is 5.92 Å². The Morgan fingerprint density at radius 1 is 1.35 bits per heavy atom. The van der Waals surface area contributed by atoms with Crippen molar-refractivity contribution in [2.75, 3.05) is 20.8 Å². The zero-order chi connectivity index (χ0) is 24.5. The highest BCUT2D eigenvalue weighted by Crippen LogP contribution is 2.40. The van der Waals surface area contributed by atoms with Crippen molar-refractivity contribution < 1.29 is 32.7 Å². The minimum Gasteiger partial charge on any atom is -0.530 e. The summed E-state index contributed by atoms with van der Waals surface area (Å²) in [6.07, 6.45) is 1.08. The zero-order valence-electron chi connectivity index (χ0n) is 18.6. The van der Waals surface area contributed by atoms with Crippen molar-refractivity contribution in [3.05, 3.63) is 47.6 Å². The smallest absolute Gasteiger partial charge is 0.301 e. The summed E-state index contributed by atoms with van der Waals surface area (Å²) in [6, 6.07) is 4.13. The van der Waals surface area contributed by atoms with Crippen LogP contribution in [0.25, 0.3) is 0 Å². The molecule has 182 valence electrons. The highest BCUT2D eigenvalue weighted by molar-refractivity contribution is 9.18. The predicted octanol–water partition coefficient (Wildman–Crippen LogP) is 2.75. The Morgan fingerprint density at radius 3 is 2.82 bits per heavy atom. The van der Waals surface area contributed by atoms with Crippen molar-refractivity contribution in [1.29, 1.82) is 0 Å². The number of methoxy groups -OCH3 is 2. The molecule has 0 spiro atoms. The number of allylic oxidation sites excluding steroid dienone is 1. The van der Waals surface area contributed by atoms with E-state index in [1.165, 1.54) is 0 Å². The van der Waals surface area contributed by atoms with E-state index in [1.54, 1.807) is 38.9 Å². The first-order valence-corrected chi connectivity index (χ1v) is 11.4. The molecule has 1 aromatic carbocycles. The highest BCUT2D eigenvalue weighted by Gasteiger charge is 2.48. The lowest BCUT2D eigenvalue weighted by atomic mass is 9.90. The zero-order valence-corrected chi connectivity index (χ0v) is 20.2. The molecule has 1 fully saturated rings. The minimum absolute atomic E-state index is 0.00805. The van der Waals surface area contributed by atoms with Crippen LogP contribution in [-0.2, 0) is 6.54 Å². The lowest BCUT2D eigenvalue weighted by Gasteiger charge is -2.40. The SMILES string of the molecule is COc1ccc(CN[N+]23C=CN=CC2=C(C2CCC(C(F)F)N(C(=O)[O-])C2)N=C3Br)c(OC)c1. The molecular weight excluding hydrogens is 516 g/mol. The second kappa shape index (κ2) is 9.80. The van der Waals surface area contributed by atoms with Crippen LogP contribution in [0.2, 0.25) is 0 Å². The molecule has 0 aliphatic carbocycles. The van der Waals surface area contributed by atoms with Crippen LogP contribution >= 0.6 is 15.9 Å². The number of benzene rings is 1. The first-order valence-electron chi connectivity index (χ1n) is 10.6. The summed E-state index contributed by atoms with van der Waals surface area (Å²) in [6.45, 7) is 0.264. The normalized spacial score (nSPS) is 26.1. The highest BCUT2D eigenvalue weighted by atomic mass is 79.9. The number of nitrogens with zero attached hydrogens (tertiary/aromatic N) is 4. The summed E-state index contributed by atoms with van der Waals surface area (Å²) in [7, 11) is 3.16. The van der Waals surface area contributed by atoms with Gasteiger partial charge in [0.1, 0.15) is 29.5 Å². The molecular formula is C22H24BrF2N5O4.